The Labute approximate surface area is 72.4 Å². The van der Waals surface area contributed by atoms with Crippen LogP contribution >= 0.6 is 11.3 Å². The van der Waals surface area contributed by atoms with Gasteiger partial charge in [0.05, 0.1) is 0 Å². The van der Waals surface area contributed by atoms with Gasteiger partial charge in [-0.3, -0.25) is 0 Å². The van der Waals surface area contributed by atoms with Crippen LogP contribution in [0.2, 0.25) is 0 Å². The van der Waals surface area contributed by atoms with Crippen LogP contribution in [0.4, 0.5) is 27.1 Å². The molecule has 0 aliphatic rings. The maximum absolute atomic E-state index is 12.4. The molecule has 13 heavy (non-hydrogen) atoms. The number of nitrogens with two attached hydrogens (primary N) is 1. The van der Waals surface area contributed by atoms with Gasteiger partial charge in [-0.15, -0.1) is 10.2 Å². The summed E-state index contributed by atoms with van der Waals surface area (Å²) in [5.41, 5.74) is 4.86. The molecule has 74 valence electrons. The molecule has 0 bridgehead atoms. The van der Waals surface area contributed by atoms with Crippen molar-refractivity contribution in [3.63, 3.8) is 0 Å². The maximum atomic E-state index is 12.4. The molecule has 0 amide bonds. The van der Waals surface area contributed by atoms with Crippen LogP contribution < -0.4 is 5.73 Å². The molecule has 9 heteroatoms. The van der Waals surface area contributed by atoms with Crippen LogP contribution in [0.25, 0.3) is 0 Å². The predicted octanol–water partition coefficient (Wildman–Crippen LogP) is 1.77. The summed E-state index contributed by atoms with van der Waals surface area (Å²) in [5, 5.41) is 3.61. The predicted molar refractivity (Wildman–Crippen MR) is 34.3 cm³/mol. The number of halogens is 5. The molecule has 0 spiro atoms. The van der Waals surface area contributed by atoms with Crippen LogP contribution in [0, 0.1) is 0 Å². The Balaban J connectivity index is 3.07. The lowest BCUT2D eigenvalue weighted by Crippen LogP contribution is -2.33. The van der Waals surface area contributed by atoms with Gasteiger partial charge in [0, 0.05) is 0 Å². The molecule has 0 saturated heterocycles. The number of aromatic nitrogens is 2. The first-order valence-corrected chi connectivity index (χ1v) is 3.61. The third-order valence-electron chi connectivity index (χ3n) is 1.07. The first-order valence-electron chi connectivity index (χ1n) is 2.79. The molecule has 0 aromatic carbocycles. The van der Waals surface area contributed by atoms with Gasteiger partial charge in [-0.25, -0.2) is 0 Å². The minimum absolute atomic E-state index is 0.00711. The van der Waals surface area contributed by atoms with Crippen LogP contribution in [0.15, 0.2) is 0 Å². The van der Waals surface area contributed by atoms with Crippen molar-refractivity contribution >= 4 is 16.5 Å². The Bertz CT molecular complexity index is 305. The monoisotopic (exact) mass is 219 g/mol. The van der Waals surface area contributed by atoms with E-state index in [0.717, 1.165) is 0 Å². The largest absolute Gasteiger partial charge is 0.460 e. The zero-order valence-electron chi connectivity index (χ0n) is 5.77. The first-order chi connectivity index (χ1) is 5.75. The van der Waals surface area contributed by atoms with E-state index in [1.165, 1.54) is 0 Å². The summed E-state index contributed by atoms with van der Waals surface area (Å²) in [4.78, 5) is 0. The summed E-state index contributed by atoms with van der Waals surface area (Å²) < 4.78 is 59.8. The van der Waals surface area contributed by atoms with Crippen molar-refractivity contribution in [1.29, 1.82) is 0 Å². The topological polar surface area (TPSA) is 51.8 Å². The van der Waals surface area contributed by atoms with Crippen molar-refractivity contribution in [2.75, 3.05) is 5.73 Å². The fraction of sp³-hybridized carbons (Fsp3) is 0.500. The fourth-order valence-corrected chi connectivity index (χ4v) is 1.09. The molecule has 0 fully saturated rings. The highest BCUT2D eigenvalue weighted by atomic mass is 32.1. The lowest BCUT2D eigenvalue weighted by molar-refractivity contribution is -0.289. The Kier molecular flexibility index (Phi) is 2.14. The molecule has 1 heterocycles. The molecular weight excluding hydrogens is 217 g/mol. The van der Waals surface area contributed by atoms with E-state index in [1.54, 1.807) is 0 Å². The fourth-order valence-electron chi connectivity index (χ4n) is 0.483. The van der Waals surface area contributed by atoms with Crippen LogP contribution in [-0.4, -0.2) is 16.4 Å². The van der Waals surface area contributed by atoms with E-state index in [9.17, 15) is 22.0 Å². The normalized spacial score (nSPS) is 13.3. The third kappa shape index (κ3) is 1.69. The molecule has 1 aromatic rings. The van der Waals surface area contributed by atoms with Gasteiger partial charge < -0.3 is 5.73 Å². The average Bonchev–Trinajstić information content (AvgIpc) is 2.33. The highest BCUT2D eigenvalue weighted by Gasteiger charge is 2.61. The zero-order chi connectivity index (χ0) is 10.3. The second-order valence-electron chi connectivity index (χ2n) is 2.02. The molecule has 1 aromatic heterocycles. The van der Waals surface area contributed by atoms with Crippen molar-refractivity contribution in [2.45, 2.75) is 12.1 Å². The Morgan fingerprint density at radius 2 is 1.62 bits per heavy atom. The van der Waals surface area contributed by atoms with Gasteiger partial charge in [-0.2, -0.15) is 22.0 Å². The maximum Gasteiger partial charge on any atom is 0.460 e. The summed E-state index contributed by atoms with van der Waals surface area (Å²) in [6.45, 7) is 0. The third-order valence-corrected chi connectivity index (χ3v) is 1.89. The Morgan fingerprint density at radius 1 is 1.08 bits per heavy atom. The van der Waals surface area contributed by atoms with Crippen molar-refractivity contribution in [2.24, 2.45) is 0 Å². The molecule has 2 N–H and O–H groups in total. The minimum atomic E-state index is -5.67. The number of hydrogen-bond acceptors (Lipinski definition) is 4. The van der Waals surface area contributed by atoms with Gasteiger partial charge >= 0.3 is 12.1 Å². The van der Waals surface area contributed by atoms with Gasteiger partial charge in [0.2, 0.25) is 5.13 Å². The van der Waals surface area contributed by atoms with E-state index in [-0.39, 0.29) is 11.3 Å². The summed E-state index contributed by atoms with van der Waals surface area (Å²) in [7, 11) is 0. The van der Waals surface area contributed by atoms with E-state index in [2.05, 4.69) is 10.2 Å². The number of anilines is 1. The molecule has 0 saturated carbocycles. The van der Waals surface area contributed by atoms with Crippen LogP contribution in [-0.2, 0) is 5.92 Å². The van der Waals surface area contributed by atoms with Gasteiger partial charge in [-0.05, 0) is 0 Å². The van der Waals surface area contributed by atoms with Crippen molar-refractivity contribution < 1.29 is 22.0 Å². The van der Waals surface area contributed by atoms with Crippen LogP contribution in [0.3, 0.4) is 0 Å². The average molecular weight is 219 g/mol. The molecular formula is C4H2F5N3S. The van der Waals surface area contributed by atoms with E-state index in [4.69, 9.17) is 5.73 Å². The molecule has 3 nitrogen and oxygen atoms in total. The van der Waals surface area contributed by atoms with Gasteiger partial charge in [0.25, 0.3) is 0 Å². The highest BCUT2D eigenvalue weighted by Crippen LogP contribution is 2.44. The summed E-state index contributed by atoms with van der Waals surface area (Å²) in [5.74, 6) is -4.98. The second-order valence-corrected chi connectivity index (χ2v) is 3.03. The Hall–Kier alpha value is -0.990. The van der Waals surface area contributed by atoms with Crippen molar-refractivity contribution in [3.8, 4) is 0 Å². The van der Waals surface area contributed by atoms with Crippen molar-refractivity contribution in [1.82, 2.24) is 10.2 Å². The molecule has 0 aliphatic carbocycles. The summed E-state index contributed by atoms with van der Waals surface area (Å²) in [6, 6.07) is 0. The van der Waals surface area contributed by atoms with Crippen LogP contribution in [0.1, 0.15) is 5.01 Å². The van der Waals surface area contributed by atoms with Gasteiger partial charge in [0.1, 0.15) is 0 Å². The lowest BCUT2D eigenvalue weighted by atomic mass is 10.3. The lowest BCUT2D eigenvalue weighted by Gasteiger charge is -2.15. The molecule has 0 radical (unpaired) electrons. The molecule has 0 atom stereocenters. The standard InChI is InChI=1S/C4H2F5N3S/c5-3(6,4(7,8)9)1-11-12-2(10)13-1/h(H2,10,12). The van der Waals surface area contributed by atoms with E-state index >= 15 is 0 Å². The molecule has 0 unspecified atom stereocenters. The van der Waals surface area contributed by atoms with Crippen LogP contribution in [0.5, 0.6) is 0 Å². The summed E-state index contributed by atoms with van der Waals surface area (Å²) >= 11 is 0.00711. The van der Waals surface area contributed by atoms with E-state index in [0.29, 0.717) is 0 Å². The smallest absolute Gasteiger partial charge is 0.374 e. The van der Waals surface area contributed by atoms with Gasteiger partial charge in [0.15, 0.2) is 5.01 Å². The SMILES string of the molecule is Nc1nnc(C(F)(F)C(F)(F)F)s1. The molecule has 1 rings (SSSR count). The van der Waals surface area contributed by atoms with E-state index < -0.39 is 22.2 Å². The zero-order valence-corrected chi connectivity index (χ0v) is 6.59. The number of hydrogen-bond donors (Lipinski definition) is 1. The number of alkyl halides is 5. The number of nitrogens with zero attached hydrogens (tertiary/aromatic N) is 2. The van der Waals surface area contributed by atoms with Gasteiger partial charge in [-0.1, -0.05) is 11.3 Å². The molecule has 0 aliphatic heterocycles. The Morgan fingerprint density at radius 3 is 1.92 bits per heavy atom. The van der Waals surface area contributed by atoms with E-state index in [1.807, 2.05) is 0 Å². The highest BCUT2D eigenvalue weighted by molar-refractivity contribution is 7.15. The quantitative estimate of drug-likeness (QED) is 0.732. The summed E-state index contributed by atoms with van der Waals surface area (Å²) in [6.07, 6.45) is -5.67. The number of nitrogen functional groups attached to an aromatic ring is 1. The number of rotatable bonds is 1. The minimum Gasteiger partial charge on any atom is -0.374 e. The van der Waals surface area contributed by atoms with Crippen molar-refractivity contribution in [3.05, 3.63) is 5.01 Å². The first kappa shape index (κ1) is 10.1. The second kappa shape index (κ2) is 2.76.